The SMILES string of the molecule is Cc1ccc(-c2ccc(CNc3cc(Br)ccn3)cc2)cc1. The summed E-state index contributed by atoms with van der Waals surface area (Å²) in [7, 11) is 0. The van der Waals surface area contributed by atoms with Crippen LogP contribution < -0.4 is 5.32 Å². The Morgan fingerprint density at radius 3 is 2.18 bits per heavy atom. The summed E-state index contributed by atoms with van der Waals surface area (Å²) in [5, 5.41) is 3.33. The van der Waals surface area contributed by atoms with Gasteiger partial charge in [0.1, 0.15) is 5.82 Å². The summed E-state index contributed by atoms with van der Waals surface area (Å²) in [5.74, 6) is 0.872. The number of rotatable bonds is 4. The molecule has 1 heterocycles. The van der Waals surface area contributed by atoms with Gasteiger partial charge in [0.05, 0.1) is 0 Å². The summed E-state index contributed by atoms with van der Waals surface area (Å²) in [5.41, 5.74) is 5.01. The molecular formula is C19H17BrN2. The molecule has 1 N–H and O–H groups in total. The fourth-order valence-electron chi connectivity index (χ4n) is 2.26. The van der Waals surface area contributed by atoms with E-state index in [-0.39, 0.29) is 0 Å². The predicted octanol–water partition coefficient (Wildman–Crippen LogP) is 5.43. The molecule has 3 aromatic rings. The Balaban J connectivity index is 1.68. The lowest BCUT2D eigenvalue weighted by Gasteiger charge is -2.07. The van der Waals surface area contributed by atoms with Gasteiger partial charge in [0.25, 0.3) is 0 Å². The van der Waals surface area contributed by atoms with Crippen LogP contribution in [0.5, 0.6) is 0 Å². The van der Waals surface area contributed by atoms with Crippen LogP contribution in [0.4, 0.5) is 5.82 Å². The number of benzene rings is 2. The summed E-state index contributed by atoms with van der Waals surface area (Å²) < 4.78 is 1.03. The highest BCUT2D eigenvalue weighted by atomic mass is 79.9. The minimum Gasteiger partial charge on any atom is -0.366 e. The van der Waals surface area contributed by atoms with E-state index in [1.165, 1.54) is 22.3 Å². The number of aromatic nitrogens is 1. The van der Waals surface area contributed by atoms with E-state index in [1.807, 2.05) is 12.1 Å². The van der Waals surface area contributed by atoms with Crippen molar-refractivity contribution in [1.29, 1.82) is 0 Å². The van der Waals surface area contributed by atoms with Gasteiger partial charge in [0.15, 0.2) is 0 Å². The molecule has 0 aliphatic rings. The molecule has 0 atom stereocenters. The van der Waals surface area contributed by atoms with Crippen molar-refractivity contribution in [2.75, 3.05) is 5.32 Å². The quantitative estimate of drug-likeness (QED) is 0.676. The fourth-order valence-corrected chi connectivity index (χ4v) is 2.59. The van der Waals surface area contributed by atoms with E-state index in [9.17, 15) is 0 Å². The molecule has 0 fully saturated rings. The lowest BCUT2D eigenvalue weighted by atomic mass is 10.0. The van der Waals surface area contributed by atoms with Crippen LogP contribution in [0.15, 0.2) is 71.3 Å². The van der Waals surface area contributed by atoms with Crippen molar-refractivity contribution < 1.29 is 0 Å². The maximum absolute atomic E-state index is 4.29. The van der Waals surface area contributed by atoms with Gasteiger partial charge < -0.3 is 5.32 Å². The van der Waals surface area contributed by atoms with E-state index in [0.29, 0.717) is 0 Å². The maximum Gasteiger partial charge on any atom is 0.127 e. The predicted molar refractivity (Wildman–Crippen MR) is 95.9 cm³/mol. The van der Waals surface area contributed by atoms with E-state index in [4.69, 9.17) is 0 Å². The van der Waals surface area contributed by atoms with Gasteiger partial charge in [-0.2, -0.15) is 0 Å². The number of hydrogen-bond donors (Lipinski definition) is 1. The van der Waals surface area contributed by atoms with E-state index in [0.717, 1.165) is 16.8 Å². The van der Waals surface area contributed by atoms with Gasteiger partial charge in [-0.15, -0.1) is 0 Å². The lowest BCUT2D eigenvalue weighted by molar-refractivity contribution is 1.11. The molecule has 0 bridgehead atoms. The Labute approximate surface area is 139 Å². The second kappa shape index (κ2) is 6.75. The largest absolute Gasteiger partial charge is 0.366 e. The third kappa shape index (κ3) is 3.74. The Bertz CT molecular complexity index is 749. The van der Waals surface area contributed by atoms with Crippen molar-refractivity contribution in [2.24, 2.45) is 0 Å². The van der Waals surface area contributed by atoms with Crippen molar-refractivity contribution >= 4 is 21.7 Å². The van der Waals surface area contributed by atoms with Crippen LogP contribution >= 0.6 is 15.9 Å². The highest BCUT2D eigenvalue weighted by Crippen LogP contribution is 2.21. The summed E-state index contributed by atoms with van der Waals surface area (Å²) >= 11 is 3.45. The first-order valence-electron chi connectivity index (χ1n) is 7.22. The second-order valence-electron chi connectivity index (χ2n) is 5.28. The van der Waals surface area contributed by atoms with Crippen LogP contribution in [-0.2, 0) is 6.54 Å². The van der Waals surface area contributed by atoms with Crippen LogP contribution in [0.1, 0.15) is 11.1 Å². The van der Waals surface area contributed by atoms with Crippen LogP contribution in [0.25, 0.3) is 11.1 Å². The third-order valence-electron chi connectivity index (χ3n) is 3.53. The van der Waals surface area contributed by atoms with E-state index in [2.05, 4.69) is 81.7 Å². The first kappa shape index (κ1) is 14.8. The first-order chi connectivity index (χ1) is 10.7. The zero-order valence-corrected chi connectivity index (χ0v) is 14.0. The van der Waals surface area contributed by atoms with Gasteiger partial charge in [-0.1, -0.05) is 70.0 Å². The minimum absolute atomic E-state index is 0.762. The number of nitrogens with one attached hydrogen (secondary N) is 1. The lowest BCUT2D eigenvalue weighted by Crippen LogP contribution is -2.00. The molecule has 0 unspecified atom stereocenters. The van der Waals surface area contributed by atoms with E-state index < -0.39 is 0 Å². The fraction of sp³-hybridized carbons (Fsp3) is 0.105. The van der Waals surface area contributed by atoms with Gasteiger partial charge in [-0.25, -0.2) is 4.98 Å². The molecule has 0 spiro atoms. The molecular weight excluding hydrogens is 336 g/mol. The van der Waals surface area contributed by atoms with Gasteiger partial charge in [0.2, 0.25) is 0 Å². The molecule has 22 heavy (non-hydrogen) atoms. The van der Waals surface area contributed by atoms with Crippen molar-refractivity contribution in [3.63, 3.8) is 0 Å². The molecule has 0 aliphatic carbocycles. The molecule has 2 aromatic carbocycles. The molecule has 1 aromatic heterocycles. The van der Waals surface area contributed by atoms with Gasteiger partial charge >= 0.3 is 0 Å². The number of aryl methyl sites for hydroxylation is 1. The number of hydrogen-bond acceptors (Lipinski definition) is 2. The van der Waals surface area contributed by atoms with E-state index >= 15 is 0 Å². The third-order valence-corrected chi connectivity index (χ3v) is 4.03. The number of anilines is 1. The molecule has 0 radical (unpaired) electrons. The molecule has 3 rings (SSSR count). The van der Waals surface area contributed by atoms with E-state index in [1.54, 1.807) is 6.20 Å². The van der Waals surface area contributed by atoms with Crippen LogP contribution in [0, 0.1) is 6.92 Å². The molecule has 0 aliphatic heterocycles. The minimum atomic E-state index is 0.762. The van der Waals surface area contributed by atoms with Crippen molar-refractivity contribution in [3.8, 4) is 11.1 Å². The molecule has 0 saturated heterocycles. The number of nitrogens with zero attached hydrogens (tertiary/aromatic N) is 1. The number of pyridine rings is 1. The van der Waals surface area contributed by atoms with Gasteiger partial charge in [-0.05, 0) is 35.7 Å². The summed E-state index contributed by atoms with van der Waals surface area (Å²) in [6.45, 7) is 2.87. The maximum atomic E-state index is 4.29. The van der Waals surface area contributed by atoms with Crippen molar-refractivity contribution in [2.45, 2.75) is 13.5 Å². The van der Waals surface area contributed by atoms with Gasteiger partial charge in [0, 0.05) is 17.2 Å². The highest BCUT2D eigenvalue weighted by molar-refractivity contribution is 9.10. The van der Waals surface area contributed by atoms with Crippen molar-refractivity contribution in [1.82, 2.24) is 4.98 Å². The van der Waals surface area contributed by atoms with Gasteiger partial charge in [-0.3, -0.25) is 0 Å². The Hall–Kier alpha value is -2.13. The average molecular weight is 353 g/mol. The van der Waals surface area contributed by atoms with Crippen LogP contribution in [0.3, 0.4) is 0 Å². The van der Waals surface area contributed by atoms with Crippen LogP contribution in [0.2, 0.25) is 0 Å². The standard InChI is InChI=1S/C19H17BrN2/c1-14-2-6-16(7-3-14)17-8-4-15(5-9-17)13-22-19-12-18(20)10-11-21-19/h2-12H,13H2,1H3,(H,21,22). The summed E-state index contributed by atoms with van der Waals surface area (Å²) in [4.78, 5) is 4.29. The Kier molecular flexibility index (Phi) is 4.54. The topological polar surface area (TPSA) is 24.9 Å². The zero-order chi connectivity index (χ0) is 15.4. The summed E-state index contributed by atoms with van der Waals surface area (Å²) in [6, 6.07) is 21.1. The molecule has 0 saturated carbocycles. The smallest absolute Gasteiger partial charge is 0.127 e. The van der Waals surface area contributed by atoms with Crippen molar-refractivity contribution in [3.05, 3.63) is 82.5 Å². The first-order valence-corrected chi connectivity index (χ1v) is 8.01. The monoisotopic (exact) mass is 352 g/mol. The molecule has 3 heteroatoms. The molecule has 110 valence electrons. The normalized spacial score (nSPS) is 10.5. The zero-order valence-electron chi connectivity index (χ0n) is 12.4. The Morgan fingerprint density at radius 1 is 0.909 bits per heavy atom. The molecule has 2 nitrogen and oxygen atoms in total. The molecule has 0 amide bonds. The number of halogens is 1. The summed E-state index contributed by atoms with van der Waals surface area (Å²) in [6.07, 6.45) is 1.78. The average Bonchev–Trinajstić information content (AvgIpc) is 2.54. The van der Waals surface area contributed by atoms with Crippen LogP contribution in [-0.4, -0.2) is 4.98 Å². The second-order valence-corrected chi connectivity index (χ2v) is 6.19. The highest BCUT2D eigenvalue weighted by Gasteiger charge is 1.99. The Morgan fingerprint density at radius 2 is 1.55 bits per heavy atom.